The minimum atomic E-state index is -0.0473. The molecule has 0 spiro atoms. The lowest BCUT2D eigenvalue weighted by Crippen LogP contribution is -2.10. The fraction of sp³-hybridized carbons (Fsp3) is 0.816. The largest absolute Gasteiger partial charge is 0.461 e. The molecule has 0 aliphatic rings. The third-order valence-electron chi connectivity index (χ3n) is 8.13. The van der Waals surface area contributed by atoms with E-state index in [-0.39, 0.29) is 5.97 Å². The van der Waals surface area contributed by atoms with Gasteiger partial charge in [-0.2, -0.15) is 0 Å². The van der Waals surface area contributed by atoms with Crippen LogP contribution in [0.2, 0.25) is 0 Å². The molecule has 2 nitrogen and oxygen atoms in total. The number of rotatable bonds is 28. The standard InChI is InChI=1S/C38H70O2/c1-7-9-10-11-12-13-14-15-16-17-18-19-20-21-32-40-38(39)33-37(6)31-24-30-36(5)29-23-28-35(4)27-22-26-34(3)25-8-2/h20-23,27-28,34-37H,7-19,24-26,29-33H2,1-6H3/b21-20+,27-22+,28-23+. The van der Waals surface area contributed by atoms with Gasteiger partial charge in [-0.15, -0.1) is 0 Å². The monoisotopic (exact) mass is 559 g/mol. The SMILES string of the molecule is CCCCCCCCCCCCC/C=C/COC(=O)CC(C)CCCC(C)C/C=C/C(C)/C=C/CC(C)CCC. The zero-order valence-electron chi connectivity index (χ0n) is 27.9. The van der Waals surface area contributed by atoms with Crippen molar-refractivity contribution in [3.05, 3.63) is 36.5 Å². The number of unbranched alkanes of at least 4 members (excludes halogenated alkanes) is 11. The van der Waals surface area contributed by atoms with E-state index in [0.29, 0.717) is 30.8 Å². The smallest absolute Gasteiger partial charge is 0.306 e. The molecule has 0 saturated heterocycles. The molecule has 4 unspecified atom stereocenters. The highest BCUT2D eigenvalue weighted by molar-refractivity contribution is 5.69. The van der Waals surface area contributed by atoms with Gasteiger partial charge >= 0.3 is 5.97 Å². The molecule has 0 fully saturated rings. The maximum absolute atomic E-state index is 12.2. The number of carbonyl (C=O) groups excluding carboxylic acids is 1. The molecule has 234 valence electrons. The predicted molar refractivity (Wildman–Crippen MR) is 179 cm³/mol. The number of esters is 1. The normalized spacial score (nSPS) is 15.2. The van der Waals surface area contributed by atoms with E-state index in [2.05, 4.69) is 71.9 Å². The van der Waals surface area contributed by atoms with Crippen molar-refractivity contribution in [3.63, 3.8) is 0 Å². The molecule has 0 rings (SSSR count). The van der Waals surface area contributed by atoms with Crippen molar-refractivity contribution in [2.24, 2.45) is 23.7 Å². The van der Waals surface area contributed by atoms with Gasteiger partial charge in [0, 0.05) is 6.42 Å². The number of carbonyl (C=O) groups is 1. The average Bonchev–Trinajstić information content (AvgIpc) is 2.91. The van der Waals surface area contributed by atoms with Gasteiger partial charge in [0.25, 0.3) is 0 Å². The van der Waals surface area contributed by atoms with Gasteiger partial charge in [-0.05, 0) is 49.4 Å². The molecule has 2 heteroatoms. The summed E-state index contributed by atoms with van der Waals surface area (Å²) in [6.45, 7) is 14.1. The van der Waals surface area contributed by atoms with E-state index in [1.807, 2.05) is 6.08 Å². The molecule has 0 saturated carbocycles. The molecule has 0 aliphatic carbocycles. The van der Waals surface area contributed by atoms with Crippen LogP contribution in [-0.2, 0) is 9.53 Å². The van der Waals surface area contributed by atoms with Gasteiger partial charge in [-0.3, -0.25) is 4.79 Å². The molecular weight excluding hydrogens is 488 g/mol. The Balaban J connectivity index is 3.69. The van der Waals surface area contributed by atoms with Gasteiger partial charge < -0.3 is 4.74 Å². The van der Waals surface area contributed by atoms with E-state index in [9.17, 15) is 4.79 Å². The van der Waals surface area contributed by atoms with E-state index in [1.54, 1.807) is 0 Å². The summed E-state index contributed by atoms with van der Waals surface area (Å²) in [5, 5.41) is 0. The summed E-state index contributed by atoms with van der Waals surface area (Å²) >= 11 is 0. The molecule has 0 aliphatic heterocycles. The maximum Gasteiger partial charge on any atom is 0.306 e. The number of allylic oxidation sites excluding steroid dienone is 5. The second kappa shape index (κ2) is 29.2. The molecule has 40 heavy (non-hydrogen) atoms. The Bertz CT molecular complexity index is 631. The van der Waals surface area contributed by atoms with Crippen molar-refractivity contribution in [1.29, 1.82) is 0 Å². The Labute approximate surface area is 251 Å². The van der Waals surface area contributed by atoms with Gasteiger partial charge in [-0.1, -0.05) is 174 Å². The lowest BCUT2D eigenvalue weighted by molar-refractivity contribution is -0.143. The van der Waals surface area contributed by atoms with Crippen LogP contribution < -0.4 is 0 Å². The summed E-state index contributed by atoms with van der Waals surface area (Å²) in [6.07, 6.45) is 38.9. The van der Waals surface area contributed by atoms with Crippen LogP contribution in [0.4, 0.5) is 0 Å². The second-order valence-electron chi connectivity index (χ2n) is 12.9. The van der Waals surface area contributed by atoms with E-state index in [0.717, 1.165) is 25.2 Å². The number of hydrogen-bond acceptors (Lipinski definition) is 2. The van der Waals surface area contributed by atoms with Crippen LogP contribution >= 0.6 is 0 Å². The maximum atomic E-state index is 12.2. The zero-order valence-corrected chi connectivity index (χ0v) is 27.9. The molecule has 0 aromatic carbocycles. The highest BCUT2D eigenvalue weighted by Crippen LogP contribution is 2.19. The second-order valence-corrected chi connectivity index (χ2v) is 12.9. The fourth-order valence-electron chi connectivity index (χ4n) is 5.36. The van der Waals surface area contributed by atoms with Crippen LogP contribution in [-0.4, -0.2) is 12.6 Å². The number of hydrogen-bond donors (Lipinski definition) is 0. The molecular formula is C38H70O2. The minimum absolute atomic E-state index is 0.0473. The molecule has 0 aromatic heterocycles. The molecule has 0 heterocycles. The lowest BCUT2D eigenvalue weighted by atomic mass is 9.94. The van der Waals surface area contributed by atoms with Gasteiger partial charge in [-0.25, -0.2) is 0 Å². The van der Waals surface area contributed by atoms with Crippen LogP contribution in [0.25, 0.3) is 0 Å². The van der Waals surface area contributed by atoms with E-state index < -0.39 is 0 Å². The summed E-state index contributed by atoms with van der Waals surface area (Å²) in [6, 6.07) is 0. The summed E-state index contributed by atoms with van der Waals surface area (Å²) in [7, 11) is 0. The summed E-state index contributed by atoms with van der Waals surface area (Å²) in [5.74, 6) is 2.37. The van der Waals surface area contributed by atoms with Crippen molar-refractivity contribution in [2.75, 3.05) is 6.61 Å². The molecule has 4 atom stereocenters. The Kier molecular flexibility index (Phi) is 28.2. The van der Waals surface area contributed by atoms with Gasteiger partial charge in [0.1, 0.15) is 6.61 Å². The van der Waals surface area contributed by atoms with Crippen molar-refractivity contribution in [3.8, 4) is 0 Å². The fourth-order valence-corrected chi connectivity index (χ4v) is 5.36. The van der Waals surface area contributed by atoms with E-state index in [1.165, 1.54) is 103 Å². The Hall–Kier alpha value is -1.31. The van der Waals surface area contributed by atoms with Gasteiger partial charge in [0.15, 0.2) is 0 Å². The zero-order chi connectivity index (χ0) is 29.7. The highest BCUT2D eigenvalue weighted by Gasteiger charge is 2.10. The predicted octanol–water partition coefficient (Wildman–Crippen LogP) is 12.6. The topological polar surface area (TPSA) is 26.3 Å². The lowest BCUT2D eigenvalue weighted by Gasteiger charge is -2.13. The van der Waals surface area contributed by atoms with Gasteiger partial charge in [0.05, 0.1) is 0 Å². The third kappa shape index (κ3) is 28.2. The highest BCUT2D eigenvalue weighted by atomic mass is 16.5. The summed E-state index contributed by atoms with van der Waals surface area (Å²) < 4.78 is 5.44. The first kappa shape index (κ1) is 38.7. The average molecular weight is 559 g/mol. The molecule has 0 radical (unpaired) electrons. The van der Waals surface area contributed by atoms with Crippen LogP contribution in [0.5, 0.6) is 0 Å². The van der Waals surface area contributed by atoms with E-state index >= 15 is 0 Å². The van der Waals surface area contributed by atoms with Gasteiger partial charge in [0.2, 0.25) is 0 Å². The van der Waals surface area contributed by atoms with Crippen LogP contribution in [0.15, 0.2) is 36.5 Å². The van der Waals surface area contributed by atoms with Crippen LogP contribution in [0, 0.1) is 23.7 Å². The Morgan fingerprint density at radius 1 is 0.575 bits per heavy atom. The first-order chi connectivity index (χ1) is 19.4. The minimum Gasteiger partial charge on any atom is -0.461 e. The van der Waals surface area contributed by atoms with Crippen molar-refractivity contribution < 1.29 is 9.53 Å². The molecule has 0 aromatic rings. The Morgan fingerprint density at radius 3 is 1.68 bits per heavy atom. The van der Waals surface area contributed by atoms with Crippen LogP contribution in [0.3, 0.4) is 0 Å². The first-order valence-corrected chi connectivity index (χ1v) is 17.5. The summed E-state index contributed by atoms with van der Waals surface area (Å²) in [4.78, 5) is 12.2. The van der Waals surface area contributed by atoms with Crippen LogP contribution in [0.1, 0.15) is 170 Å². The molecule has 0 amide bonds. The molecule has 0 N–H and O–H groups in total. The molecule has 0 bridgehead atoms. The summed E-state index contributed by atoms with van der Waals surface area (Å²) in [5.41, 5.74) is 0. The van der Waals surface area contributed by atoms with E-state index in [4.69, 9.17) is 4.74 Å². The quantitative estimate of drug-likeness (QED) is 0.0542. The Morgan fingerprint density at radius 2 is 1.10 bits per heavy atom. The number of ether oxygens (including phenoxy) is 1. The van der Waals surface area contributed by atoms with Crippen molar-refractivity contribution in [2.45, 2.75) is 170 Å². The third-order valence-corrected chi connectivity index (χ3v) is 8.13. The first-order valence-electron chi connectivity index (χ1n) is 17.5. The van der Waals surface area contributed by atoms with Crippen molar-refractivity contribution >= 4 is 5.97 Å². The van der Waals surface area contributed by atoms with Crippen molar-refractivity contribution in [1.82, 2.24) is 0 Å².